The van der Waals surface area contributed by atoms with Gasteiger partial charge < -0.3 is 9.84 Å². The highest BCUT2D eigenvalue weighted by atomic mass is 16.6. The van der Waals surface area contributed by atoms with Crippen molar-refractivity contribution in [3.63, 3.8) is 0 Å². The summed E-state index contributed by atoms with van der Waals surface area (Å²) in [5.41, 5.74) is -1.24. The number of carboxylic acids is 1. The number of carbonyl (C=O) groups excluding carboxylic acids is 1. The van der Waals surface area contributed by atoms with Crippen LogP contribution < -0.4 is 0 Å². The van der Waals surface area contributed by atoms with Crippen molar-refractivity contribution >= 4 is 11.9 Å². The number of nitrogens with zero attached hydrogens (tertiary/aromatic N) is 1. The van der Waals surface area contributed by atoms with E-state index in [1.807, 2.05) is 0 Å². The summed E-state index contributed by atoms with van der Waals surface area (Å²) < 4.78 is 5.35. The average molecular weight is 269 g/mol. The molecule has 0 saturated heterocycles. The number of aliphatic carboxylic acids is 1. The van der Waals surface area contributed by atoms with Crippen molar-refractivity contribution in [1.29, 1.82) is 5.26 Å². The van der Waals surface area contributed by atoms with Crippen LogP contribution in [0.15, 0.2) is 0 Å². The van der Waals surface area contributed by atoms with Crippen LogP contribution in [0.25, 0.3) is 0 Å². The largest absolute Gasteiger partial charge is 0.481 e. The van der Waals surface area contributed by atoms with Gasteiger partial charge in [-0.3, -0.25) is 9.59 Å². The van der Waals surface area contributed by atoms with Gasteiger partial charge in [0, 0.05) is 19.3 Å². The van der Waals surface area contributed by atoms with E-state index in [9.17, 15) is 9.59 Å². The van der Waals surface area contributed by atoms with E-state index in [2.05, 4.69) is 6.07 Å². The topological polar surface area (TPSA) is 87.4 Å². The van der Waals surface area contributed by atoms with E-state index in [0.717, 1.165) is 0 Å². The first-order chi connectivity index (χ1) is 8.58. The smallest absolute Gasteiger partial charge is 0.306 e. The van der Waals surface area contributed by atoms with Gasteiger partial charge in [0.05, 0.1) is 11.5 Å². The van der Waals surface area contributed by atoms with Crippen LogP contribution in [-0.2, 0) is 14.3 Å². The molecular weight excluding hydrogens is 246 g/mol. The molecule has 0 aromatic carbocycles. The fourth-order valence-corrected chi connectivity index (χ4v) is 2.04. The zero-order chi connectivity index (χ0) is 15.1. The average Bonchev–Trinajstić information content (AvgIpc) is 2.22. The predicted molar refractivity (Wildman–Crippen MR) is 70.3 cm³/mol. The summed E-state index contributed by atoms with van der Waals surface area (Å²) in [5, 5.41) is 17.4. The Bertz CT molecular complexity index is 366. The number of hydrogen-bond donors (Lipinski definition) is 1. The van der Waals surface area contributed by atoms with Gasteiger partial charge in [0.25, 0.3) is 0 Å². The summed E-state index contributed by atoms with van der Waals surface area (Å²) in [7, 11) is 0. The van der Waals surface area contributed by atoms with Crippen LogP contribution in [0.4, 0.5) is 0 Å². The first-order valence-corrected chi connectivity index (χ1v) is 6.43. The zero-order valence-electron chi connectivity index (χ0n) is 12.2. The third kappa shape index (κ3) is 9.06. The van der Waals surface area contributed by atoms with Gasteiger partial charge in [-0.25, -0.2) is 0 Å². The minimum absolute atomic E-state index is 0.0676. The lowest BCUT2D eigenvalue weighted by atomic mass is 9.83. The van der Waals surface area contributed by atoms with E-state index in [4.69, 9.17) is 15.1 Å². The van der Waals surface area contributed by atoms with Crippen molar-refractivity contribution in [2.75, 3.05) is 0 Å². The lowest BCUT2D eigenvalue weighted by Crippen LogP contribution is -2.33. The lowest BCUT2D eigenvalue weighted by Gasteiger charge is -2.30. The number of unbranched alkanes of at least 4 members (excludes halogenated alkanes) is 1. The second kappa shape index (κ2) is 7.13. The van der Waals surface area contributed by atoms with E-state index >= 15 is 0 Å². The lowest BCUT2D eigenvalue weighted by molar-refractivity contribution is -0.158. The zero-order valence-corrected chi connectivity index (χ0v) is 12.2. The summed E-state index contributed by atoms with van der Waals surface area (Å²) >= 11 is 0. The number of ether oxygens (including phenoxy) is 1. The monoisotopic (exact) mass is 269 g/mol. The molecule has 0 aromatic heterocycles. The van der Waals surface area contributed by atoms with Crippen LogP contribution in [-0.4, -0.2) is 22.6 Å². The summed E-state index contributed by atoms with van der Waals surface area (Å²) in [5.74, 6) is -1.20. The van der Waals surface area contributed by atoms with Gasteiger partial charge >= 0.3 is 11.9 Å². The van der Waals surface area contributed by atoms with Crippen molar-refractivity contribution in [2.24, 2.45) is 5.41 Å². The van der Waals surface area contributed by atoms with Crippen molar-refractivity contribution < 1.29 is 19.4 Å². The molecule has 0 radical (unpaired) electrons. The standard InChI is InChI=1S/C14H23NO4/c1-13(2,10-15)9-14(3,4)19-12(18)8-6-5-7-11(16)17/h5-9H2,1-4H3,(H,16,17). The number of rotatable bonds is 8. The molecule has 0 aromatic rings. The minimum atomic E-state index is -0.857. The molecule has 0 aliphatic heterocycles. The maximum Gasteiger partial charge on any atom is 0.306 e. The first kappa shape index (κ1) is 17.4. The number of carbonyl (C=O) groups is 2. The molecule has 0 aliphatic carbocycles. The molecule has 1 N–H and O–H groups in total. The van der Waals surface area contributed by atoms with Crippen LogP contribution in [0.2, 0.25) is 0 Å². The molecule has 0 spiro atoms. The molecule has 0 saturated carbocycles. The maximum atomic E-state index is 11.6. The third-order valence-corrected chi connectivity index (χ3v) is 2.58. The first-order valence-electron chi connectivity index (χ1n) is 6.43. The molecule has 0 rings (SSSR count). The fourth-order valence-electron chi connectivity index (χ4n) is 2.04. The van der Waals surface area contributed by atoms with Gasteiger partial charge in [-0.05, 0) is 40.5 Å². The number of nitriles is 1. The van der Waals surface area contributed by atoms with Crippen molar-refractivity contribution in [3.8, 4) is 6.07 Å². The summed E-state index contributed by atoms with van der Waals surface area (Å²) in [6.07, 6.45) is 1.70. The number of carboxylic acid groups (broad SMARTS) is 1. The Morgan fingerprint density at radius 1 is 1.16 bits per heavy atom. The molecular formula is C14H23NO4. The molecule has 0 fully saturated rings. The number of esters is 1. The van der Waals surface area contributed by atoms with E-state index in [1.54, 1.807) is 27.7 Å². The van der Waals surface area contributed by atoms with Gasteiger partial charge in [-0.1, -0.05) is 0 Å². The Kier molecular flexibility index (Phi) is 6.54. The Hall–Kier alpha value is -1.57. The highest BCUT2D eigenvalue weighted by Crippen LogP contribution is 2.29. The number of hydrogen-bond acceptors (Lipinski definition) is 4. The van der Waals surface area contributed by atoms with Crippen LogP contribution in [0, 0.1) is 16.7 Å². The van der Waals surface area contributed by atoms with E-state index in [-0.39, 0.29) is 18.8 Å². The van der Waals surface area contributed by atoms with Crippen molar-refractivity contribution in [2.45, 2.75) is 65.4 Å². The highest BCUT2D eigenvalue weighted by molar-refractivity contribution is 5.70. The third-order valence-electron chi connectivity index (χ3n) is 2.58. The summed E-state index contributed by atoms with van der Waals surface area (Å²) in [4.78, 5) is 21.9. The molecule has 0 atom stereocenters. The Balaban J connectivity index is 4.10. The second-order valence-electron chi connectivity index (χ2n) is 6.01. The molecule has 0 bridgehead atoms. The Morgan fingerprint density at radius 2 is 1.68 bits per heavy atom. The van der Waals surface area contributed by atoms with E-state index < -0.39 is 17.0 Å². The molecule has 0 heterocycles. The van der Waals surface area contributed by atoms with Gasteiger partial charge in [0.2, 0.25) is 0 Å². The van der Waals surface area contributed by atoms with Crippen LogP contribution >= 0.6 is 0 Å². The molecule has 5 nitrogen and oxygen atoms in total. The summed E-state index contributed by atoms with van der Waals surface area (Å²) in [6.45, 7) is 7.16. The van der Waals surface area contributed by atoms with Crippen LogP contribution in [0.1, 0.15) is 59.8 Å². The van der Waals surface area contributed by atoms with Crippen LogP contribution in [0.5, 0.6) is 0 Å². The van der Waals surface area contributed by atoms with Gasteiger partial charge in [0.15, 0.2) is 0 Å². The van der Waals surface area contributed by atoms with Gasteiger partial charge in [0.1, 0.15) is 5.60 Å². The van der Waals surface area contributed by atoms with Crippen molar-refractivity contribution in [3.05, 3.63) is 0 Å². The van der Waals surface area contributed by atoms with Gasteiger partial charge in [-0.15, -0.1) is 0 Å². The SMILES string of the molecule is CC(C)(C#N)CC(C)(C)OC(=O)CCCCC(=O)O. The maximum absolute atomic E-state index is 11.6. The Labute approximate surface area is 114 Å². The van der Waals surface area contributed by atoms with Crippen molar-refractivity contribution in [1.82, 2.24) is 0 Å². The molecule has 19 heavy (non-hydrogen) atoms. The summed E-state index contributed by atoms with van der Waals surface area (Å²) in [6, 6.07) is 2.18. The highest BCUT2D eigenvalue weighted by Gasteiger charge is 2.31. The minimum Gasteiger partial charge on any atom is -0.481 e. The van der Waals surface area contributed by atoms with Crippen LogP contribution in [0.3, 0.4) is 0 Å². The predicted octanol–water partition coefficient (Wildman–Crippen LogP) is 2.89. The molecule has 5 heteroatoms. The second-order valence-corrected chi connectivity index (χ2v) is 6.01. The molecule has 0 amide bonds. The molecule has 0 aliphatic rings. The Morgan fingerprint density at radius 3 is 2.16 bits per heavy atom. The molecule has 108 valence electrons. The quantitative estimate of drug-likeness (QED) is 0.540. The van der Waals surface area contributed by atoms with Gasteiger partial charge in [-0.2, -0.15) is 5.26 Å². The molecule has 0 unspecified atom stereocenters. The normalized spacial score (nSPS) is 11.7. The van der Waals surface area contributed by atoms with E-state index in [1.165, 1.54) is 0 Å². The van der Waals surface area contributed by atoms with E-state index in [0.29, 0.717) is 19.3 Å². The fraction of sp³-hybridized carbons (Fsp3) is 0.786.